The quantitative estimate of drug-likeness (QED) is 0.714. The smallest absolute Gasteiger partial charge is 0.407 e. The van der Waals surface area contributed by atoms with Gasteiger partial charge in [0.2, 0.25) is 0 Å². The summed E-state index contributed by atoms with van der Waals surface area (Å²) < 4.78 is 4.88. The average Bonchev–Trinajstić information content (AvgIpc) is 2.25. The van der Waals surface area contributed by atoms with Crippen LogP contribution in [-0.2, 0) is 11.3 Å². The van der Waals surface area contributed by atoms with Gasteiger partial charge in [-0.3, -0.25) is 0 Å². The zero-order chi connectivity index (χ0) is 12.0. The molecule has 0 fully saturated rings. The van der Waals surface area contributed by atoms with E-state index in [1.807, 2.05) is 0 Å². The first-order valence-electron chi connectivity index (χ1n) is 4.94. The van der Waals surface area contributed by atoms with Crippen LogP contribution in [0.25, 0.3) is 0 Å². The van der Waals surface area contributed by atoms with E-state index in [-0.39, 0.29) is 18.9 Å². The number of alkyl carbamates (subject to hydrolysis) is 1. The highest BCUT2D eigenvalue weighted by molar-refractivity contribution is 5.67. The van der Waals surface area contributed by atoms with E-state index in [0.29, 0.717) is 0 Å². The van der Waals surface area contributed by atoms with Crippen molar-refractivity contribution in [2.24, 2.45) is 0 Å². The first kappa shape index (κ1) is 12.3. The largest absolute Gasteiger partial charge is 0.508 e. The molecule has 0 spiro atoms. The molecule has 3 N–H and O–H groups in total. The van der Waals surface area contributed by atoms with Crippen molar-refractivity contribution in [1.82, 2.24) is 5.32 Å². The van der Waals surface area contributed by atoms with Gasteiger partial charge in [-0.2, -0.15) is 0 Å². The molecule has 0 saturated heterocycles. The summed E-state index contributed by atoms with van der Waals surface area (Å²) in [7, 11) is 0. The second-order valence-corrected chi connectivity index (χ2v) is 3.47. The van der Waals surface area contributed by atoms with Crippen molar-refractivity contribution in [3.63, 3.8) is 0 Å². The number of aromatic hydroxyl groups is 1. The minimum Gasteiger partial charge on any atom is -0.508 e. The zero-order valence-electron chi connectivity index (χ0n) is 9.01. The van der Waals surface area contributed by atoms with E-state index in [0.717, 1.165) is 5.56 Å². The van der Waals surface area contributed by atoms with Gasteiger partial charge in [0, 0.05) is 6.54 Å². The fraction of sp³-hybridized carbons (Fsp3) is 0.364. The van der Waals surface area contributed by atoms with Crippen LogP contribution >= 0.6 is 0 Å². The molecule has 88 valence electrons. The number of aliphatic hydroxyl groups excluding tert-OH is 1. The van der Waals surface area contributed by atoms with Crippen LogP contribution in [0.1, 0.15) is 12.5 Å². The number of carbonyl (C=O) groups excluding carboxylic acids is 1. The van der Waals surface area contributed by atoms with E-state index < -0.39 is 12.2 Å². The molecular formula is C11H15NO4. The number of phenols is 1. The summed E-state index contributed by atoms with van der Waals surface area (Å²) in [5, 5.41) is 20.4. The Morgan fingerprint density at radius 1 is 1.44 bits per heavy atom. The Kier molecular flexibility index (Phi) is 4.60. The van der Waals surface area contributed by atoms with Crippen molar-refractivity contribution < 1.29 is 19.7 Å². The average molecular weight is 225 g/mol. The molecule has 1 amide bonds. The van der Waals surface area contributed by atoms with Crippen molar-refractivity contribution in [2.45, 2.75) is 19.6 Å². The summed E-state index contributed by atoms with van der Waals surface area (Å²) in [5.74, 6) is 0.169. The molecule has 0 saturated carbocycles. The number of ether oxygens (including phenoxy) is 1. The first-order chi connectivity index (χ1) is 7.58. The number of phenolic OH excluding ortho intramolecular Hbond substituents is 1. The van der Waals surface area contributed by atoms with E-state index in [4.69, 9.17) is 14.9 Å². The second-order valence-electron chi connectivity index (χ2n) is 3.47. The number of nitrogens with one attached hydrogen (secondary N) is 1. The molecule has 1 aromatic rings. The third-order valence-corrected chi connectivity index (χ3v) is 1.85. The lowest BCUT2D eigenvalue weighted by Crippen LogP contribution is -2.30. The van der Waals surface area contributed by atoms with Crippen LogP contribution in [0.3, 0.4) is 0 Å². The summed E-state index contributed by atoms with van der Waals surface area (Å²) in [6.07, 6.45) is -1.17. The molecule has 0 aliphatic rings. The Morgan fingerprint density at radius 3 is 2.62 bits per heavy atom. The number of hydrogen-bond acceptors (Lipinski definition) is 4. The van der Waals surface area contributed by atoms with Gasteiger partial charge in [0.05, 0.1) is 6.10 Å². The maximum atomic E-state index is 11.1. The van der Waals surface area contributed by atoms with Gasteiger partial charge in [-0.25, -0.2) is 4.79 Å². The van der Waals surface area contributed by atoms with E-state index in [2.05, 4.69) is 5.32 Å². The number of hydrogen-bond donors (Lipinski definition) is 3. The molecule has 0 aliphatic carbocycles. The second kappa shape index (κ2) is 5.97. The summed E-state index contributed by atoms with van der Waals surface area (Å²) >= 11 is 0. The van der Waals surface area contributed by atoms with Gasteiger partial charge in [0.1, 0.15) is 12.4 Å². The fourth-order valence-electron chi connectivity index (χ4n) is 1.02. The summed E-state index contributed by atoms with van der Waals surface area (Å²) in [6.45, 7) is 1.86. The highest BCUT2D eigenvalue weighted by Crippen LogP contribution is 2.10. The van der Waals surface area contributed by atoms with Gasteiger partial charge in [0.15, 0.2) is 0 Å². The van der Waals surface area contributed by atoms with Crippen LogP contribution in [0.4, 0.5) is 4.79 Å². The number of amides is 1. The topological polar surface area (TPSA) is 78.8 Å². The van der Waals surface area contributed by atoms with Crippen LogP contribution < -0.4 is 5.32 Å². The summed E-state index contributed by atoms with van der Waals surface area (Å²) in [6, 6.07) is 6.37. The number of carbonyl (C=O) groups is 1. The van der Waals surface area contributed by atoms with Crippen LogP contribution in [-0.4, -0.2) is 29.0 Å². The maximum absolute atomic E-state index is 11.1. The van der Waals surface area contributed by atoms with Gasteiger partial charge >= 0.3 is 6.09 Å². The molecule has 0 aliphatic heterocycles. The third kappa shape index (κ3) is 4.65. The molecule has 1 aromatic carbocycles. The standard InChI is InChI=1S/C11H15NO4/c1-8(13)6-12-11(15)16-7-9-2-4-10(14)5-3-9/h2-5,8,13-14H,6-7H2,1H3,(H,12,15). The summed E-state index contributed by atoms with van der Waals surface area (Å²) in [5.41, 5.74) is 0.782. The Hall–Kier alpha value is -1.75. The van der Waals surface area contributed by atoms with E-state index in [1.54, 1.807) is 19.1 Å². The lowest BCUT2D eigenvalue weighted by Gasteiger charge is -2.08. The van der Waals surface area contributed by atoms with Gasteiger partial charge < -0.3 is 20.3 Å². The van der Waals surface area contributed by atoms with Crippen LogP contribution in [0.15, 0.2) is 24.3 Å². The third-order valence-electron chi connectivity index (χ3n) is 1.85. The lowest BCUT2D eigenvalue weighted by atomic mass is 10.2. The molecule has 5 heteroatoms. The van der Waals surface area contributed by atoms with Gasteiger partial charge in [-0.1, -0.05) is 12.1 Å². The van der Waals surface area contributed by atoms with Crippen LogP contribution in [0.5, 0.6) is 5.75 Å². The Balaban J connectivity index is 2.29. The minimum absolute atomic E-state index is 0.131. The molecule has 0 radical (unpaired) electrons. The van der Waals surface area contributed by atoms with E-state index >= 15 is 0 Å². The monoisotopic (exact) mass is 225 g/mol. The Morgan fingerprint density at radius 2 is 2.06 bits per heavy atom. The van der Waals surface area contributed by atoms with Crippen molar-refractivity contribution in [3.05, 3.63) is 29.8 Å². The fourth-order valence-corrected chi connectivity index (χ4v) is 1.02. The SMILES string of the molecule is CC(O)CNC(=O)OCc1ccc(O)cc1. The van der Waals surface area contributed by atoms with Crippen molar-refractivity contribution in [1.29, 1.82) is 0 Å². The molecule has 1 rings (SSSR count). The predicted molar refractivity (Wildman–Crippen MR) is 58.0 cm³/mol. The Bertz CT molecular complexity index is 334. The molecule has 0 aromatic heterocycles. The summed E-state index contributed by atoms with van der Waals surface area (Å²) in [4.78, 5) is 11.1. The van der Waals surface area contributed by atoms with Gasteiger partial charge in [-0.05, 0) is 24.6 Å². The van der Waals surface area contributed by atoms with Crippen LogP contribution in [0, 0.1) is 0 Å². The molecule has 16 heavy (non-hydrogen) atoms. The lowest BCUT2D eigenvalue weighted by molar-refractivity contribution is 0.129. The number of aliphatic hydroxyl groups is 1. The normalized spacial score (nSPS) is 11.9. The highest BCUT2D eigenvalue weighted by Gasteiger charge is 2.03. The first-order valence-corrected chi connectivity index (χ1v) is 4.94. The molecule has 0 heterocycles. The van der Waals surface area contributed by atoms with Gasteiger partial charge in [0.25, 0.3) is 0 Å². The molecule has 5 nitrogen and oxygen atoms in total. The number of rotatable bonds is 4. The molecular weight excluding hydrogens is 210 g/mol. The maximum Gasteiger partial charge on any atom is 0.407 e. The minimum atomic E-state index is -0.596. The van der Waals surface area contributed by atoms with Crippen LogP contribution in [0.2, 0.25) is 0 Å². The number of benzene rings is 1. The zero-order valence-corrected chi connectivity index (χ0v) is 9.01. The van der Waals surface area contributed by atoms with Crippen molar-refractivity contribution in [2.75, 3.05) is 6.54 Å². The van der Waals surface area contributed by atoms with Crippen molar-refractivity contribution >= 4 is 6.09 Å². The molecule has 0 bridgehead atoms. The predicted octanol–water partition coefficient (Wildman–Crippen LogP) is 0.999. The van der Waals surface area contributed by atoms with E-state index in [1.165, 1.54) is 12.1 Å². The van der Waals surface area contributed by atoms with Gasteiger partial charge in [-0.15, -0.1) is 0 Å². The molecule has 1 unspecified atom stereocenters. The van der Waals surface area contributed by atoms with Crippen molar-refractivity contribution in [3.8, 4) is 5.75 Å². The Labute approximate surface area is 93.7 Å². The highest BCUT2D eigenvalue weighted by atomic mass is 16.5. The van der Waals surface area contributed by atoms with E-state index in [9.17, 15) is 4.79 Å². The molecule has 1 atom stereocenters.